The molecule has 1 aromatic carbocycles. The van der Waals surface area contributed by atoms with Crippen molar-refractivity contribution in [3.63, 3.8) is 0 Å². The standard InChI is InChI=1S/C9H6FN/c10-9-3-1-2-7-4-5-11-6-8(7)9/h1-6H. The first-order valence-corrected chi connectivity index (χ1v) is 3.36. The molecule has 0 spiro atoms. The molecule has 0 aliphatic carbocycles. The summed E-state index contributed by atoms with van der Waals surface area (Å²) in [4.78, 5) is 3.83. The maximum Gasteiger partial charge on any atom is 0.132 e. The normalized spacial score (nSPS) is 10.3. The summed E-state index contributed by atoms with van der Waals surface area (Å²) in [6.07, 6.45) is 3.19. The van der Waals surface area contributed by atoms with Crippen molar-refractivity contribution in [3.05, 3.63) is 42.5 Å². The second-order valence-corrected chi connectivity index (χ2v) is 2.34. The van der Waals surface area contributed by atoms with Gasteiger partial charge in [0, 0.05) is 17.8 Å². The fourth-order valence-corrected chi connectivity index (χ4v) is 1.08. The summed E-state index contributed by atoms with van der Waals surface area (Å²) in [7, 11) is 0. The molecule has 2 heteroatoms. The SMILES string of the molecule is Fc1cccc2ccncc12. The number of halogens is 1. The van der Waals surface area contributed by atoms with E-state index in [4.69, 9.17) is 0 Å². The van der Waals surface area contributed by atoms with E-state index in [0.29, 0.717) is 5.39 Å². The lowest BCUT2D eigenvalue weighted by Gasteiger charge is -1.95. The molecule has 1 nitrogen and oxygen atoms in total. The molecule has 2 aromatic rings. The van der Waals surface area contributed by atoms with Crippen LogP contribution in [0.3, 0.4) is 0 Å². The van der Waals surface area contributed by atoms with Gasteiger partial charge in [0.05, 0.1) is 0 Å². The molecular weight excluding hydrogens is 141 g/mol. The van der Waals surface area contributed by atoms with Gasteiger partial charge in [-0.3, -0.25) is 4.98 Å². The number of pyridine rings is 1. The van der Waals surface area contributed by atoms with Crippen molar-refractivity contribution >= 4 is 10.8 Å². The van der Waals surface area contributed by atoms with Crippen LogP contribution in [0.1, 0.15) is 0 Å². The lowest BCUT2D eigenvalue weighted by Crippen LogP contribution is -1.78. The summed E-state index contributed by atoms with van der Waals surface area (Å²) >= 11 is 0. The average Bonchev–Trinajstić information content (AvgIpc) is 2.06. The van der Waals surface area contributed by atoms with Crippen LogP contribution in [-0.2, 0) is 0 Å². The first kappa shape index (κ1) is 6.28. The third kappa shape index (κ3) is 0.963. The molecule has 0 aliphatic rings. The van der Waals surface area contributed by atoms with Gasteiger partial charge in [0.2, 0.25) is 0 Å². The average molecular weight is 147 g/mol. The third-order valence-corrected chi connectivity index (χ3v) is 1.63. The molecule has 0 atom stereocenters. The topological polar surface area (TPSA) is 12.9 Å². The zero-order valence-electron chi connectivity index (χ0n) is 5.79. The van der Waals surface area contributed by atoms with Crippen LogP contribution in [0.4, 0.5) is 4.39 Å². The van der Waals surface area contributed by atoms with Gasteiger partial charge in [-0.25, -0.2) is 4.39 Å². The number of aromatic nitrogens is 1. The number of rotatable bonds is 0. The van der Waals surface area contributed by atoms with Crippen molar-refractivity contribution in [3.8, 4) is 0 Å². The van der Waals surface area contributed by atoms with Crippen LogP contribution in [0, 0.1) is 5.82 Å². The van der Waals surface area contributed by atoms with Crippen molar-refractivity contribution in [2.24, 2.45) is 0 Å². The molecule has 1 heterocycles. The van der Waals surface area contributed by atoms with Gasteiger partial charge < -0.3 is 0 Å². The van der Waals surface area contributed by atoms with E-state index in [2.05, 4.69) is 4.98 Å². The van der Waals surface area contributed by atoms with E-state index in [1.165, 1.54) is 12.3 Å². The molecule has 0 saturated carbocycles. The molecular formula is C9H6FN. The van der Waals surface area contributed by atoms with E-state index < -0.39 is 0 Å². The molecule has 11 heavy (non-hydrogen) atoms. The Morgan fingerprint density at radius 2 is 2.09 bits per heavy atom. The van der Waals surface area contributed by atoms with Crippen LogP contribution < -0.4 is 0 Å². The Bertz CT molecular complexity index is 379. The molecule has 1 aromatic heterocycles. The van der Waals surface area contributed by atoms with E-state index in [9.17, 15) is 4.39 Å². The second-order valence-electron chi connectivity index (χ2n) is 2.34. The van der Waals surface area contributed by atoms with E-state index in [1.807, 2.05) is 6.07 Å². The van der Waals surface area contributed by atoms with Gasteiger partial charge in [-0.2, -0.15) is 0 Å². The van der Waals surface area contributed by atoms with Crippen molar-refractivity contribution < 1.29 is 4.39 Å². The lowest BCUT2D eigenvalue weighted by molar-refractivity contribution is 0.639. The molecule has 0 bridgehead atoms. The summed E-state index contributed by atoms with van der Waals surface area (Å²) in [6.45, 7) is 0. The van der Waals surface area contributed by atoms with Crippen molar-refractivity contribution in [2.75, 3.05) is 0 Å². The summed E-state index contributed by atoms with van der Waals surface area (Å²) in [5, 5.41) is 1.47. The fraction of sp³-hybridized carbons (Fsp3) is 0. The van der Waals surface area contributed by atoms with Gasteiger partial charge in [-0.05, 0) is 17.5 Å². The van der Waals surface area contributed by atoms with Gasteiger partial charge in [0.25, 0.3) is 0 Å². The third-order valence-electron chi connectivity index (χ3n) is 1.63. The number of benzene rings is 1. The van der Waals surface area contributed by atoms with Gasteiger partial charge >= 0.3 is 0 Å². The Morgan fingerprint density at radius 1 is 1.18 bits per heavy atom. The molecule has 0 unspecified atom stereocenters. The molecule has 2 rings (SSSR count). The first-order valence-electron chi connectivity index (χ1n) is 3.36. The lowest BCUT2D eigenvalue weighted by atomic mass is 10.2. The van der Waals surface area contributed by atoms with Crippen LogP contribution in [0.5, 0.6) is 0 Å². The van der Waals surface area contributed by atoms with Gasteiger partial charge in [-0.15, -0.1) is 0 Å². The molecule has 0 aliphatic heterocycles. The molecule has 0 N–H and O–H groups in total. The first-order chi connectivity index (χ1) is 5.38. The largest absolute Gasteiger partial charge is 0.264 e. The van der Waals surface area contributed by atoms with E-state index in [0.717, 1.165) is 5.39 Å². The molecule has 0 amide bonds. The monoisotopic (exact) mass is 147 g/mol. The number of hydrogen-bond donors (Lipinski definition) is 0. The van der Waals surface area contributed by atoms with Gasteiger partial charge in [0.1, 0.15) is 5.82 Å². The second kappa shape index (κ2) is 2.31. The Balaban J connectivity index is 2.91. The van der Waals surface area contributed by atoms with E-state index >= 15 is 0 Å². The Morgan fingerprint density at radius 3 is 2.91 bits per heavy atom. The summed E-state index contributed by atoms with van der Waals surface area (Å²) in [5.74, 6) is -0.212. The van der Waals surface area contributed by atoms with Crippen molar-refractivity contribution in [2.45, 2.75) is 0 Å². The molecule has 0 radical (unpaired) electrons. The Labute approximate surface area is 63.5 Å². The smallest absolute Gasteiger partial charge is 0.132 e. The minimum atomic E-state index is -0.212. The van der Waals surface area contributed by atoms with E-state index in [1.54, 1.807) is 18.3 Å². The van der Waals surface area contributed by atoms with Crippen molar-refractivity contribution in [1.29, 1.82) is 0 Å². The number of nitrogens with zero attached hydrogens (tertiary/aromatic N) is 1. The van der Waals surface area contributed by atoms with Crippen LogP contribution in [0.2, 0.25) is 0 Å². The van der Waals surface area contributed by atoms with Gasteiger partial charge in [0.15, 0.2) is 0 Å². The molecule has 0 fully saturated rings. The summed E-state index contributed by atoms with van der Waals surface area (Å²) < 4.78 is 12.9. The number of hydrogen-bond acceptors (Lipinski definition) is 1. The maximum atomic E-state index is 12.9. The Hall–Kier alpha value is -1.44. The fourth-order valence-electron chi connectivity index (χ4n) is 1.08. The highest BCUT2D eigenvalue weighted by molar-refractivity contribution is 5.81. The highest BCUT2D eigenvalue weighted by atomic mass is 19.1. The minimum Gasteiger partial charge on any atom is -0.264 e. The molecule has 54 valence electrons. The van der Waals surface area contributed by atoms with Crippen LogP contribution in [0.15, 0.2) is 36.7 Å². The molecule has 0 saturated heterocycles. The van der Waals surface area contributed by atoms with E-state index in [-0.39, 0.29) is 5.82 Å². The Kier molecular flexibility index (Phi) is 1.32. The predicted molar refractivity (Wildman–Crippen MR) is 41.7 cm³/mol. The summed E-state index contributed by atoms with van der Waals surface area (Å²) in [5.41, 5.74) is 0. The quantitative estimate of drug-likeness (QED) is 0.557. The van der Waals surface area contributed by atoms with Crippen LogP contribution in [0.25, 0.3) is 10.8 Å². The maximum absolute atomic E-state index is 12.9. The zero-order valence-corrected chi connectivity index (χ0v) is 5.79. The minimum absolute atomic E-state index is 0.212. The number of fused-ring (bicyclic) bond motifs is 1. The van der Waals surface area contributed by atoms with Crippen LogP contribution >= 0.6 is 0 Å². The summed E-state index contributed by atoms with van der Waals surface area (Å²) in [6, 6.07) is 6.78. The highest BCUT2D eigenvalue weighted by Gasteiger charge is 1.96. The zero-order chi connectivity index (χ0) is 7.68. The predicted octanol–water partition coefficient (Wildman–Crippen LogP) is 2.37. The van der Waals surface area contributed by atoms with Gasteiger partial charge in [-0.1, -0.05) is 12.1 Å². The van der Waals surface area contributed by atoms with Crippen LogP contribution in [-0.4, -0.2) is 4.98 Å². The highest BCUT2D eigenvalue weighted by Crippen LogP contribution is 2.14. The van der Waals surface area contributed by atoms with Crippen molar-refractivity contribution in [1.82, 2.24) is 4.98 Å².